The minimum absolute atomic E-state index is 0.0282. The molecule has 0 atom stereocenters. The second-order valence-electron chi connectivity index (χ2n) is 4.72. The molecule has 0 unspecified atom stereocenters. The molecule has 0 aliphatic carbocycles. The van der Waals surface area contributed by atoms with Gasteiger partial charge in [0.05, 0.1) is 17.4 Å². The van der Waals surface area contributed by atoms with E-state index in [9.17, 15) is 4.79 Å². The van der Waals surface area contributed by atoms with E-state index in [1.807, 2.05) is 54.6 Å². The van der Waals surface area contributed by atoms with Crippen LogP contribution in [-0.4, -0.2) is 15.3 Å². The first-order valence-corrected chi connectivity index (χ1v) is 7.94. The molecule has 0 fully saturated rings. The van der Waals surface area contributed by atoms with Crippen molar-refractivity contribution in [1.82, 2.24) is 9.55 Å². The molecule has 0 aliphatic rings. The lowest BCUT2D eigenvalue weighted by atomic mass is 10.2. The molecule has 1 heterocycles. The third-order valence-electron chi connectivity index (χ3n) is 3.28. The summed E-state index contributed by atoms with van der Waals surface area (Å²) in [6, 6.07) is 17.5. The van der Waals surface area contributed by atoms with Crippen LogP contribution in [0.1, 0.15) is 12.5 Å². The minimum atomic E-state index is 0.0282. The van der Waals surface area contributed by atoms with Crippen LogP contribution in [0.3, 0.4) is 0 Å². The second kappa shape index (κ2) is 6.14. The van der Waals surface area contributed by atoms with Gasteiger partial charge in [0.25, 0.3) is 5.56 Å². The topological polar surface area (TPSA) is 34.9 Å². The van der Waals surface area contributed by atoms with Crippen molar-refractivity contribution in [2.45, 2.75) is 18.6 Å². The smallest absolute Gasteiger partial charge is 0.262 e. The minimum Gasteiger partial charge on any atom is -0.283 e. The Kier molecular flexibility index (Phi) is 4.06. The Bertz CT molecular complexity index is 812. The Morgan fingerprint density at radius 3 is 2.52 bits per heavy atom. The summed E-state index contributed by atoms with van der Waals surface area (Å²) in [5.74, 6) is 0.888. The van der Waals surface area contributed by atoms with Crippen LogP contribution < -0.4 is 5.56 Å². The third kappa shape index (κ3) is 2.85. The van der Waals surface area contributed by atoms with E-state index in [4.69, 9.17) is 0 Å². The number of hydrogen-bond acceptors (Lipinski definition) is 3. The first-order valence-electron chi connectivity index (χ1n) is 6.96. The van der Waals surface area contributed by atoms with Crippen molar-refractivity contribution in [1.29, 1.82) is 0 Å². The summed E-state index contributed by atoms with van der Waals surface area (Å²) in [4.78, 5) is 17.4. The average Bonchev–Trinajstić information content (AvgIpc) is 2.52. The van der Waals surface area contributed by atoms with E-state index in [-0.39, 0.29) is 5.56 Å². The fourth-order valence-electron chi connectivity index (χ4n) is 2.29. The number of aromatic nitrogens is 2. The zero-order valence-electron chi connectivity index (χ0n) is 11.8. The molecule has 0 saturated heterocycles. The highest BCUT2D eigenvalue weighted by Gasteiger charge is 2.11. The Morgan fingerprint density at radius 2 is 1.76 bits per heavy atom. The molecular formula is C17H16N2OS. The summed E-state index contributed by atoms with van der Waals surface area (Å²) in [7, 11) is 0. The molecule has 3 nitrogen and oxygen atoms in total. The highest BCUT2D eigenvalue weighted by Crippen LogP contribution is 2.18. The number of nitrogens with zero attached hydrogens (tertiary/aromatic N) is 2. The molecule has 0 aliphatic heterocycles. The molecule has 0 amide bonds. The SMILES string of the molecule is CCSc1nc2ccccc2c(=O)n1Cc1ccccc1. The van der Waals surface area contributed by atoms with Crippen molar-refractivity contribution in [2.24, 2.45) is 0 Å². The van der Waals surface area contributed by atoms with Gasteiger partial charge < -0.3 is 0 Å². The van der Waals surface area contributed by atoms with Gasteiger partial charge in [0, 0.05) is 0 Å². The molecular weight excluding hydrogens is 280 g/mol. The lowest BCUT2D eigenvalue weighted by Gasteiger charge is -2.12. The third-order valence-corrected chi connectivity index (χ3v) is 4.14. The van der Waals surface area contributed by atoms with Crippen molar-refractivity contribution < 1.29 is 0 Å². The quantitative estimate of drug-likeness (QED) is 0.545. The molecule has 4 heteroatoms. The summed E-state index contributed by atoms with van der Waals surface area (Å²) < 4.78 is 1.77. The van der Waals surface area contributed by atoms with Gasteiger partial charge in [-0.15, -0.1) is 0 Å². The van der Waals surface area contributed by atoms with Crippen LogP contribution in [0.15, 0.2) is 64.5 Å². The highest BCUT2D eigenvalue weighted by atomic mass is 32.2. The largest absolute Gasteiger partial charge is 0.283 e. The summed E-state index contributed by atoms with van der Waals surface area (Å²) >= 11 is 1.60. The summed E-state index contributed by atoms with van der Waals surface area (Å²) in [5, 5.41) is 1.46. The summed E-state index contributed by atoms with van der Waals surface area (Å²) in [6.07, 6.45) is 0. The molecule has 2 aromatic carbocycles. The zero-order chi connectivity index (χ0) is 14.7. The van der Waals surface area contributed by atoms with Crippen LogP contribution >= 0.6 is 11.8 Å². The van der Waals surface area contributed by atoms with Crippen molar-refractivity contribution in [3.63, 3.8) is 0 Å². The van der Waals surface area contributed by atoms with Gasteiger partial charge in [-0.05, 0) is 23.4 Å². The molecule has 0 N–H and O–H groups in total. The summed E-state index contributed by atoms with van der Waals surface area (Å²) in [6.45, 7) is 2.62. The monoisotopic (exact) mass is 296 g/mol. The normalized spacial score (nSPS) is 10.9. The van der Waals surface area contributed by atoms with Crippen LogP contribution in [0.2, 0.25) is 0 Å². The van der Waals surface area contributed by atoms with E-state index in [1.165, 1.54) is 0 Å². The predicted molar refractivity (Wildman–Crippen MR) is 87.9 cm³/mol. The predicted octanol–water partition coefficient (Wildman–Crippen LogP) is 3.56. The first kappa shape index (κ1) is 13.9. The number of benzene rings is 2. The molecule has 1 aromatic heterocycles. The molecule has 3 rings (SSSR count). The lowest BCUT2D eigenvalue weighted by molar-refractivity contribution is 0.658. The number of fused-ring (bicyclic) bond motifs is 1. The Labute approximate surface area is 127 Å². The van der Waals surface area contributed by atoms with Gasteiger partial charge in [-0.1, -0.05) is 61.2 Å². The maximum atomic E-state index is 12.7. The Hall–Kier alpha value is -2.07. The van der Waals surface area contributed by atoms with E-state index in [0.717, 1.165) is 22.0 Å². The van der Waals surface area contributed by atoms with Crippen LogP contribution in [0, 0.1) is 0 Å². The zero-order valence-corrected chi connectivity index (χ0v) is 12.6. The van der Waals surface area contributed by atoms with Crippen molar-refractivity contribution in [3.8, 4) is 0 Å². The van der Waals surface area contributed by atoms with Crippen LogP contribution in [0.25, 0.3) is 10.9 Å². The molecule has 0 saturated carbocycles. The van der Waals surface area contributed by atoms with Gasteiger partial charge >= 0.3 is 0 Å². The number of thioether (sulfide) groups is 1. The van der Waals surface area contributed by atoms with Crippen LogP contribution in [-0.2, 0) is 6.54 Å². The van der Waals surface area contributed by atoms with Crippen molar-refractivity contribution in [3.05, 3.63) is 70.5 Å². The standard InChI is InChI=1S/C17H16N2OS/c1-2-21-17-18-15-11-7-6-10-14(15)16(20)19(17)12-13-8-4-3-5-9-13/h3-11H,2,12H2,1H3. The number of hydrogen-bond donors (Lipinski definition) is 0. The van der Waals surface area contributed by atoms with Gasteiger partial charge in [-0.2, -0.15) is 0 Å². The van der Waals surface area contributed by atoms with Crippen LogP contribution in [0.4, 0.5) is 0 Å². The Morgan fingerprint density at radius 1 is 1.05 bits per heavy atom. The second-order valence-corrected chi connectivity index (χ2v) is 5.95. The molecule has 0 radical (unpaired) electrons. The fraction of sp³-hybridized carbons (Fsp3) is 0.176. The van der Waals surface area contributed by atoms with Crippen LogP contribution in [0.5, 0.6) is 0 Å². The highest BCUT2D eigenvalue weighted by molar-refractivity contribution is 7.99. The average molecular weight is 296 g/mol. The van der Waals surface area contributed by atoms with Crippen molar-refractivity contribution >= 4 is 22.7 Å². The first-order chi connectivity index (χ1) is 10.3. The molecule has 0 spiro atoms. The van der Waals surface area contributed by atoms with Gasteiger partial charge in [0.15, 0.2) is 5.16 Å². The number of rotatable bonds is 4. The van der Waals surface area contributed by atoms with E-state index in [0.29, 0.717) is 11.9 Å². The summed E-state index contributed by atoms with van der Waals surface area (Å²) in [5.41, 5.74) is 1.90. The van der Waals surface area contributed by atoms with Gasteiger partial charge in [-0.25, -0.2) is 4.98 Å². The van der Waals surface area contributed by atoms with E-state index >= 15 is 0 Å². The Balaban J connectivity index is 2.17. The number of para-hydroxylation sites is 1. The maximum absolute atomic E-state index is 12.7. The van der Waals surface area contributed by atoms with E-state index in [2.05, 4.69) is 11.9 Å². The fourth-order valence-corrected chi connectivity index (χ4v) is 3.02. The van der Waals surface area contributed by atoms with E-state index < -0.39 is 0 Å². The van der Waals surface area contributed by atoms with Crippen molar-refractivity contribution in [2.75, 3.05) is 5.75 Å². The molecule has 21 heavy (non-hydrogen) atoms. The van der Waals surface area contributed by atoms with E-state index in [1.54, 1.807) is 16.3 Å². The van der Waals surface area contributed by atoms with Gasteiger partial charge in [0.2, 0.25) is 0 Å². The molecule has 0 bridgehead atoms. The molecule has 3 aromatic rings. The van der Waals surface area contributed by atoms with Gasteiger partial charge in [0.1, 0.15) is 0 Å². The lowest BCUT2D eigenvalue weighted by Crippen LogP contribution is -2.24. The maximum Gasteiger partial charge on any atom is 0.262 e. The molecule has 106 valence electrons. The van der Waals surface area contributed by atoms with Gasteiger partial charge in [-0.3, -0.25) is 9.36 Å².